The number of hydrogen-bond donors (Lipinski definition) is 1. The number of likely N-dealkylation sites (N-methyl/N-ethyl adjacent to an activating group) is 1. The third-order valence-corrected chi connectivity index (χ3v) is 5.42. The lowest BCUT2D eigenvalue weighted by Crippen LogP contribution is -2.49. The van der Waals surface area contributed by atoms with Crippen molar-refractivity contribution < 1.29 is 9.53 Å². The lowest BCUT2D eigenvalue weighted by atomic mass is 10.2. The quantitative estimate of drug-likeness (QED) is 0.778. The van der Waals surface area contributed by atoms with Crippen LogP contribution in [-0.4, -0.2) is 68.2 Å². The van der Waals surface area contributed by atoms with Gasteiger partial charge in [-0.2, -0.15) is 0 Å². The van der Waals surface area contributed by atoms with Gasteiger partial charge in [0.05, 0.1) is 19.3 Å². The Morgan fingerprint density at radius 3 is 2.96 bits per heavy atom. The smallest absolute Gasteiger partial charge is 0.234 e. The molecule has 0 saturated carbocycles. The Morgan fingerprint density at radius 1 is 1.50 bits per heavy atom. The Labute approximate surface area is 150 Å². The molecular formula is C18H31N3O2S. The fraction of sp³-hybridized carbons (Fsp3) is 0.722. The highest BCUT2D eigenvalue weighted by molar-refractivity contribution is 7.10. The molecule has 5 nitrogen and oxygen atoms in total. The maximum atomic E-state index is 12.2. The standard InChI is InChI=1S/C18H31N3O2S/c1-14(2)11-21-7-8-23-16(12-21)10-19-18(22)13-20(4)15(3)17-6-5-9-24-17/h5-6,9,14-16H,7-8,10-13H2,1-4H3,(H,19,22). The average molecular weight is 354 g/mol. The van der Waals surface area contributed by atoms with E-state index in [0.29, 0.717) is 19.0 Å². The summed E-state index contributed by atoms with van der Waals surface area (Å²) in [4.78, 5) is 18.0. The molecule has 1 N–H and O–H groups in total. The summed E-state index contributed by atoms with van der Waals surface area (Å²) in [5.74, 6) is 0.719. The zero-order valence-electron chi connectivity index (χ0n) is 15.3. The predicted molar refractivity (Wildman–Crippen MR) is 99.4 cm³/mol. The molecule has 0 spiro atoms. The summed E-state index contributed by atoms with van der Waals surface area (Å²) in [6.07, 6.45) is 0.0986. The number of thiophene rings is 1. The third kappa shape index (κ3) is 6.16. The van der Waals surface area contributed by atoms with E-state index in [4.69, 9.17) is 4.74 Å². The Hall–Kier alpha value is -0.950. The van der Waals surface area contributed by atoms with Crippen molar-refractivity contribution in [3.05, 3.63) is 22.4 Å². The van der Waals surface area contributed by atoms with Gasteiger partial charge in [-0.05, 0) is 31.3 Å². The van der Waals surface area contributed by atoms with E-state index in [1.54, 1.807) is 11.3 Å². The minimum Gasteiger partial charge on any atom is -0.374 e. The normalized spacial score (nSPS) is 20.5. The lowest BCUT2D eigenvalue weighted by molar-refractivity contribution is -0.123. The molecule has 0 aliphatic carbocycles. The molecule has 0 radical (unpaired) electrons. The van der Waals surface area contributed by atoms with Gasteiger partial charge in [0.25, 0.3) is 0 Å². The van der Waals surface area contributed by atoms with Crippen LogP contribution < -0.4 is 5.32 Å². The van der Waals surface area contributed by atoms with Crippen molar-refractivity contribution in [1.29, 1.82) is 0 Å². The first-order valence-corrected chi connectivity index (χ1v) is 9.68. The van der Waals surface area contributed by atoms with Crippen molar-refractivity contribution in [3.63, 3.8) is 0 Å². The van der Waals surface area contributed by atoms with E-state index in [9.17, 15) is 4.79 Å². The van der Waals surface area contributed by atoms with Gasteiger partial charge in [-0.3, -0.25) is 14.6 Å². The molecule has 1 amide bonds. The topological polar surface area (TPSA) is 44.8 Å². The highest BCUT2D eigenvalue weighted by Gasteiger charge is 2.22. The van der Waals surface area contributed by atoms with Crippen LogP contribution in [0.1, 0.15) is 31.7 Å². The molecule has 2 atom stereocenters. The van der Waals surface area contributed by atoms with Crippen LogP contribution in [0.25, 0.3) is 0 Å². The van der Waals surface area contributed by atoms with Gasteiger partial charge >= 0.3 is 0 Å². The van der Waals surface area contributed by atoms with Gasteiger partial charge < -0.3 is 10.1 Å². The minimum absolute atomic E-state index is 0.0606. The predicted octanol–water partition coefficient (Wildman–Crippen LogP) is 2.21. The molecule has 0 bridgehead atoms. The van der Waals surface area contributed by atoms with Gasteiger partial charge in [-0.25, -0.2) is 0 Å². The van der Waals surface area contributed by atoms with E-state index in [2.05, 4.69) is 47.3 Å². The number of hydrogen-bond acceptors (Lipinski definition) is 5. The lowest BCUT2D eigenvalue weighted by Gasteiger charge is -2.34. The van der Waals surface area contributed by atoms with Crippen LogP contribution in [0, 0.1) is 5.92 Å². The molecule has 136 valence electrons. The average Bonchev–Trinajstić information content (AvgIpc) is 3.06. The molecule has 1 aromatic heterocycles. The van der Waals surface area contributed by atoms with E-state index in [1.807, 2.05) is 13.1 Å². The maximum Gasteiger partial charge on any atom is 0.234 e. The first kappa shape index (κ1) is 19.4. The Bertz CT molecular complexity index is 492. The molecular weight excluding hydrogens is 322 g/mol. The molecule has 2 rings (SSSR count). The molecule has 1 saturated heterocycles. The van der Waals surface area contributed by atoms with Gasteiger partial charge in [0.2, 0.25) is 5.91 Å². The number of amides is 1. The molecule has 2 unspecified atom stereocenters. The van der Waals surface area contributed by atoms with Crippen LogP contribution in [0.2, 0.25) is 0 Å². The molecule has 0 aromatic carbocycles. The molecule has 6 heteroatoms. The van der Waals surface area contributed by atoms with E-state index in [1.165, 1.54) is 4.88 Å². The molecule has 2 heterocycles. The minimum atomic E-state index is 0.0606. The zero-order valence-corrected chi connectivity index (χ0v) is 16.1. The zero-order chi connectivity index (χ0) is 17.5. The van der Waals surface area contributed by atoms with Crippen molar-refractivity contribution in [1.82, 2.24) is 15.1 Å². The van der Waals surface area contributed by atoms with Gasteiger partial charge in [0.15, 0.2) is 0 Å². The summed E-state index contributed by atoms with van der Waals surface area (Å²) in [6.45, 7) is 11.3. The number of nitrogens with one attached hydrogen (secondary N) is 1. The molecule has 1 aromatic rings. The summed E-state index contributed by atoms with van der Waals surface area (Å²) in [6, 6.07) is 4.42. The number of rotatable bonds is 8. The number of nitrogens with zero attached hydrogens (tertiary/aromatic N) is 2. The summed E-state index contributed by atoms with van der Waals surface area (Å²) in [5.41, 5.74) is 0. The first-order valence-electron chi connectivity index (χ1n) is 8.80. The summed E-state index contributed by atoms with van der Waals surface area (Å²) in [5, 5.41) is 5.10. The number of ether oxygens (including phenoxy) is 1. The van der Waals surface area contributed by atoms with E-state index >= 15 is 0 Å². The number of morpholine rings is 1. The largest absolute Gasteiger partial charge is 0.374 e. The van der Waals surface area contributed by atoms with Gasteiger partial charge in [0, 0.05) is 37.1 Å². The second-order valence-corrected chi connectivity index (χ2v) is 8.04. The Kier molecular flexibility index (Phi) is 7.68. The van der Waals surface area contributed by atoms with Crippen molar-refractivity contribution in [2.45, 2.75) is 32.9 Å². The summed E-state index contributed by atoms with van der Waals surface area (Å²) in [7, 11) is 1.99. The van der Waals surface area contributed by atoms with Crippen LogP contribution in [0.4, 0.5) is 0 Å². The van der Waals surface area contributed by atoms with Crippen LogP contribution in [0.3, 0.4) is 0 Å². The number of carbonyl (C=O) groups excluding carboxylic acids is 1. The van der Waals surface area contributed by atoms with E-state index in [-0.39, 0.29) is 18.1 Å². The SMILES string of the molecule is CC(C)CN1CCOC(CNC(=O)CN(C)C(C)c2cccs2)C1. The van der Waals surface area contributed by atoms with Gasteiger partial charge in [-0.1, -0.05) is 19.9 Å². The number of carbonyl (C=O) groups is 1. The molecule has 1 aliphatic heterocycles. The highest BCUT2D eigenvalue weighted by atomic mass is 32.1. The second kappa shape index (κ2) is 9.51. The van der Waals surface area contributed by atoms with Crippen LogP contribution in [-0.2, 0) is 9.53 Å². The third-order valence-electron chi connectivity index (χ3n) is 4.38. The molecule has 1 fully saturated rings. The Morgan fingerprint density at radius 2 is 2.29 bits per heavy atom. The van der Waals surface area contributed by atoms with Crippen molar-refractivity contribution >= 4 is 17.2 Å². The Balaban J connectivity index is 1.70. The van der Waals surface area contributed by atoms with Gasteiger partial charge in [-0.15, -0.1) is 11.3 Å². The fourth-order valence-corrected chi connectivity index (χ4v) is 3.83. The van der Waals surface area contributed by atoms with E-state index in [0.717, 1.165) is 26.2 Å². The maximum absolute atomic E-state index is 12.2. The first-order chi connectivity index (χ1) is 11.5. The second-order valence-electron chi connectivity index (χ2n) is 7.06. The molecule has 1 aliphatic rings. The van der Waals surface area contributed by atoms with Crippen molar-refractivity contribution in [2.75, 3.05) is 46.4 Å². The summed E-state index contributed by atoms with van der Waals surface area (Å²) >= 11 is 1.73. The molecule has 24 heavy (non-hydrogen) atoms. The highest BCUT2D eigenvalue weighted by Crippen LogP contribution is 2.22. The monoisotopic (exact) mass is 353 g/mol. The van der Waals surface area contributed by atoms with Crippen LogP contribution in [0.5, 0.6) is 0 Å². The summed E-state index contributed by atoms with van der Waals surface area (Å²) < 4.78 is 5.78. The van der Waals surface area contributed by atoms with E-state index < -0.39 is 0 Å². The van der Waals surface area contributed by atoms with Gasteiger partial charge in [0.1, 0.15) is 0 Å². The van der Waals surface area contributed by atoms with Crippen LogP contribution >= 0.6 is 11.3 Å². The van der Waals surface area contributed by atoms with Crippen molar-refractivity contribution in [2.24, 2.45) is 5.92 Å². The fourth-order valence-electron chi connectivity index (χ4n) is 2.98. The van der Waals surface area contributed by atoms with Crippen LogP contribution in [0.15, 0.2) is 17.5 Å². The van der Waals surface area contributed by atoms with Crippen molar-refractivity contribution in [3.8, 4) is 0 Å².